The van der Waals surface area contributed by atoms with E-state index >= 15 is 0 Å². The molecule has 11 heteroatoms. The Bertz CT molecular complexity index is 1490. The molecule has 0 heterocycles. The van der Waals surface area contributed by atoms with E-state index in [1.54, 1.807) is 61.5 Å². The zero-order valence-electron chi connectivity index (χ0n) is 25.1. The van der Waals surface area contributed by atoms with Crippen LogP contribution in [0.15, 0.2) is 77.7 Å². The first-order valence-electron chi connectivity index (χ1n) is 13.3. The van der Waals surface area contributed by atoms with Crippen molar-refractivity contribution >= 4 is 27.5 Å². The van der Waals surface area contributed by atoms with Gasteiger partial charge in [-0.15, -0.1) is 0 Å². The first-order valence-corrected chi connectivity index (χ1v) is 14.8. The minimum atomic E-state index is -4.27. The molecule has 0 aliphatic heterocycles. The molecule has 0 spiro atoms. The normalized spacial score (nSPS) is 12.2. The fraction of sp³-hybridized carbons (Fsp3) is 0.355. The second-order valence-corrected chi connectivity index (χ2v) is 12.5. The number of nitrogens with one attached hydrogen (secondary N) is 1. The number of amides is 2. The quantitative estimate of drug-likeness (QED) is 0.332. The van der Waals surface area contributed by atoms with E-state index in [-0.39, 0.29) is 28.8 Å². The maximum Gasteiger partial charge on any atom is 0.264 e. The van der Waals surface area contributed by atoms with Crippen LogP contribution in [0.5, 0.6) is 17.2 Å². The average molecular weight is 598 g/mol. The molecule has 0 saturated carbocycles. The molecule has 0 unspecified atom stereocenters. The number of anilines is 1. The van der Waals surface area contributed by atoms with Gasteiger partial charge in [0.15, 0.2) is 0 Å². The van der Waals surface area contributed by atoms with Crippen LogP contribution in [0.2, 0.25) is 0 Å². The molecule has 0 aromatic heterocycles. The maximum atomic E-state index is 14.2. The predicted octanol–water partition coefficient (Wildman–Crippen LogP) is 4.24. The molecule has 1 atom stereocenters. The number of nitrogens with zero attached hydrogens (tertiary/aromatic N) is 2. The largest absolute Gasteiger partial charge is 0.497 e. The molecule has 3 rings (SSSR count). The summed E-state index contributed by atoms with van der Waals surface area (Å²) in [6.07, 6.45) is 0. The SMILES string of the molecule is COc1cccc(CN(C(=O)CN(c2cc(OC)ccc2OC)S(=O)(=O)c2ccccc2)[C@H](C)C(=O)NC(C)(C)C)c1. The summed E-state index contributed by atoms with van der Waals surface area (Å²) in [6.45, 7) is 6.56. The molecule has 0 bridgehead atoms. The van der Waals surface area contributed by atoms with E-state index in [1.807, 2.05) is 20.8 Å². The Labute approximate surface area is 248 Å². The van der Waals surface area contributed by atoms with Crippen LogP contribution in [-0.4, -0.2) is 64.6 Å². The molecular formula is C31H39N3O7S. The van der Waals surface area contributed by atoms with E-state index in [1.165, 1.54) is 44.4 Å². The Morgan fingerprint density at radius 2 is 1.50 bits per heavy atom. The van der Waals surface area contributed by atoms with Crippen molar-refractivity contribution in [3.8, 4) is 17.2 Å². The number of hydrogen-bond donors (Lipinski definition) is 1. The van der Waals surface area contributed by atoms with Gasteiger partial charge in [0, 0.05) is 18.2 Å². The van der Waals surface area contributed by atoms with Gasteiger partial charge < -0.3 is 24.4 Å². The molecule has 42 heavy (non-hydrogen) atoms. The lowest BCUT2D eigenvalue weighted by atomic mass is 10.1. The Balaban J connectivity index is 2.12. The number of hydrogen-bond acceptors (Lipinski definition) is 7. The molecule has 1 N–H and O–H groups in total. The second-order valence-electron chi connectivity index (χ2n) is 10.7. The van der Waals surface area contributed by atoms with E-state index in [4.69, 9.17) is 14.2 Å². The fourth-order valence-corrected chi connectivity index (χ4v) is 5.69. The Kier molecular flexibility index (Phi) is 10.5. The summed E-state index contributed by atoms with van der Waals surface area (Å²) in [7, 11) is 0.136. The number of ether oxygens (including phenoxy) is 3. The van der Waals surface area contributed by atoms with Gasteiger partial charge in [0.2, 0.25) is 11.8 Å². The Morgan fingerprint density at radius 3 is 2.10 bits per heavy atom. The molecule has 0 aliphatic rings. The highest BCUT2D eigenvalue weighted by molar-refractivity contribution is 7.92. The van der Waals surface area contributed by atoms with Crippen LogP contribution in [0.4, 0.5) is 5.69 Å². The lowest BCUT2D eigenvalue weighted by Gasteiger charge is -2.33. The molecule has 0 saturated heterocycles. The van der Waals surface area contributed by atoms with Gasteiger partial charge in [-0.3, -0.25) is 13.9 Å². The molecule has 10 nitrogen and oxygen atoms in total. The van der Waals surface area contributed by atoms with Crippen molar-refractivity contribution in [3.05, 3.63) is 78.4 Å². The van der Waals surface area contributed by atoms with Crippen molar-refractivity contribution in [2.24, 2.45) is 0 Å². The Morgan fingerprint density at radius 1 is 0.857 bits per heavy atom. The van der Waals surface area contributed by atoms with Crippen LogP contribution >= 0.6 is 0 Å². The summed E-state index contributed by atoms with van der Waals surface area (Å²) in [4.78, 5) is 28.8. The van der Waals surface area contributed by atoms with Crippen LogP contribution in [-0.2, 0) is 26.2 Å². The molecule has 0 fully saturated rings. The van der Waals surface area contributed by atoms with E-state index in [2.05, 4.69) is 5.32 Å². The van der Waals surface area contributed by atoms with Crippen LogP contribution in [0.25, 0.3) is 0 Å². The van der Waals surface area contributed by atoms with E-state index in [9.17, 15) is 18.0 Å². The Hall–Kier alpha value is -4.25. The van der Waals surface area contributed by atoms with Crippen molar-refractivity contribution in [2.75, 3.05) is 32.2 Å². The van der Waals surface area contributed by atoms with Crippen molar-refractivity contribution in [3.63, 3.8) is 0 Å². The number of sulfonamides is 1. The molecule has 3 aromatic rings. The number of carbonyl (C=O) groups excluding carboxylic acids is 2. The van der Waals surface area contributed by atoms with Crippen molar-refractivity contribution in [1.29, 1.82) is 0 Å². The van der Waals surface area contributed by atoms with E-state index < -0.39 is 34.1 Å². The summed E-state index contributed by atoms with van der Waals surface area (Å²) in [5.41, 5.74) is 0.267. The fourth-order valence-electron chi connectivity index (χ4n) is 4.25. The minimum Gasteiger partial charge on any atom is -0.497 e. The van der Waals surface area contributed by atoms with Gasteiger partial charge in [0.05, 0.1) is 31.9 Å². The molecule has 2 amide bonds. The highest BCUT2D eigenvalue weighted by Gasteiger charge is 2.34. The highest BCUT2D eigenvalue weighted by atomic mass is 32.2. The summed E-state index contributed by atoms with van der Waals surface area (Å²) < 4.78 is 45.3. The minimum absolute atomic E-state index is 0.0134. The van der Waals surface area contributed by atoms with Crippen LogP contribution in [0, 0.1) is 0 Å². The van der Waals surface area contributed by atoms with Crippen LogP contribution in [0.3, 0.4) is 0 Å². The molecule has 0 aliphatic carbocycles. The lowest BCUT2D eigenvalue weighted by molar-refractivity contribution is -0.140. The molecular weight excluding hydrogens is 558 g/mol. The standard InChI is InChI=1S/C31H39N3O7S/c1-22(30(36)32-31(2,3)4)33(20-23-12-11-13-24(18-23)39-5)29(35)21-34(42(37,38)26-14-9-8-10-15-26)27-19-25(40-6)16-17-28(27)41-7/h8-19,22H,20-21H2,1-7H3,(H,32,36)/t22-/m1/s1. The van der Waals surface area contributed by atoms with Crippen molar-refractivity contribution < 1.29 is 32.2 Å². The monoisotopic (exact) mass is 597 g/mol. The number of rotatable bonds is 12. The third-order valence-electron chi connectivity index (χ3n) is 6.42. The third-order valence-corrected chi connectivity index (χ3v) is 8.19. The zero-order chi connectivity index (χ0) is 31.1. The maximum absolute atomic E-state index is 14.2. The van der Waals surface area contributed by atoms with Gasteiger partial charge in [-0.05, 0) is 69.7 Å². The van der Waals surface area contributed by atoms with Gasteiger partial charge in [0.1, 0.15) is 29.8 Å². The predicted molar refractivity (Wildman–Crippen MR) is 161 cm³/mol. The van der Waals surface area contributed by atoms with Gasteiger partial charge in [-0.1, -0.05) is 30.3 Å². The van der Waals surface area contributed by atoms with Crippen molar-refractivity contribution in [2.45, 2.75) is 50.7 Å². The first kappa shape index (κ1) is 32.3. The van der Waals surface area contributed by atoms with Gasteiger partial charge in [-0.2, -0.15) is 0 Å². The topological polar surface area (TPSA) is 114 Å². The highest BCUT2D eigenvalue weighted by Crippen LogP contribution is 2.36. The molecule has 3 aromatic carbocycles. The number of benzene rings is 3. The lowest BCUT2D eigenvalue weighted by Crippen LogP contribution is -2.54. The van der Waals surface area contributed by atoms with E-state index in [0.717, 1.165) is 4.31 Å². The summed E-state index contributed by atoms with van der Waals surface area (Å²) >= 11 is 0. The zero-order valence-corrected chi connectivity index (χ0v) is 25.9. The number of methoxy groups -OCH3 is 3. The summed E-state index contributed by atoms with van der Waals surface area (Å²) in [5.74, 6) is 0.202. The van der Waals surface area contributed by atoms with Gasteiger partial charge in [-0.25, -0.2) is 8.42 Å². The van der Waals surface area contributed by atoms with E-state index in [0.29, 0.717) is 17.1 Å². The summed E-state index contributed by atoms with van der Waals surface area (Å²) in [5, 5.41) is 2.91. The summed E-state index contributed by atoms with van der Waals surface area (Å²) in [6, 6.07) is 18.7. The third kappa shape index (κ3) is 7.94. The molecule has 0 radical (unpaired) electrons. The van der Waals surface area contributed by atoms with Crippen LogP contribution in [0.1, 0.15) is 33.3 Å². The van der Waals surface area contributed by atoms with Gasteiger partial charge in [0.25, 0.3) is 10.0 Å². The molecule has 226 valence electrons. The first-order chi connectivity index (χ1) is 19.8. The van der Waals surface area contributed by atoms with Crippen LogP contribution < -0.4 is 23.8 Å². The average Bonchev–Trinajstić information content (AvgIpc) is 2.97. The van der Waals surface area contributed by atoms with Gasteiger partial charge >= 0.3 is 0 Å². The van der Waals surface area contributed by atoms with Crippen molar-refractivity contribution in [1.82, 2.24) is 10.2 Å². The second kappa shape index (κ2) is 13.6. The number of carbonyl (C=O) groups is 2. The smallest absolute Gasteiger partial charge is 0.264 e.